The van der Waals surface area contributed by atoms with Gasteiger partial charge in [0.2, 0.25) is 0 Å². The molecule has 2 aliphatic heterocycles. The van der Waals surface area contributed by atoms with Gasteiger partial charge in [-0.15, -0.1) is 0 Å². The minimum absolute atomic E-state index is 0.127. The topological polar surface area (TPSA) is 64.6 Å². The average molecular weight is 532 g/mol. The maximum atomic E-state index is 13.2. The number of amides is 1. The molecule has 40 heavy (non-hydrogen) atoms. The number of carbonyl (C=O) groups excluding carboxylic acids is 1. The summed E-state index contributed by atoms with van der Waals surface area (Å²) in [6, 6.07) is 21.7. The molecule has 2 aliphatic rings. The Bertz CT molecular complexity index is 1520. The molecule has 2 aromatic carbocycles. The predicted octanol–water partition coefficient (Wildman–Crippen LogP) is 6.88. The van der Waals surface area contributed by atoms with Crippen LogP contribution in [-0.2, 0) is 0 Å². The number of imidazole rings is 1. The molecule has 1 unspecified atom stereocenters. The van der Waals surface area contributed by atoms with Gasteiger partial charge in [-0.2, -0.15) is 5.26 Å². The number of hydrogen-bond donors (Lipinski definition) is 0. The van der Waals surface area contributed by atoms with Crippen molar-refractivity contribution in [2.24, 2.45) is 11.8 Å². The third-order valence-electron chi connectivity index (χ3n) is 8.12. The average Bonchev–Trinajstić information content (AvgIpc) is 3.46. The first-order valence-corrected chi connectivity index (χ1v) is 14.3. The monoisotopic (exact) mass is 531 g/mol. The number of nitrogens with zero attached hydrogens (tertiary/aromatic N) is 5. The Labute approximate surface area is 237 Å². The minimum Gasteiger partial charge on any atom is -0.381 e. The molecule has 0 aliphatic carbocycles. The van der Waals surface area contributed by atoms with E-state index in [0.29, 0.717) is 17.4 Å². The summed E-state index contributed by atoms with van der Waals surface area (Å²) < 4.78 is 2.07. The van der Waals surface area contributed by atoms with Crippen molar-refractivity contribution < 1.29 is 4.79 Å². The molecule has 1 fully saturated rings. The summed E-state index contributed by atoms with van der Waals surface area (Å²) in [4.78, 5) is 22.0. The van der Waals surface area contributed by atoms with E-state index in [1.54, 1.807) is 0 Å². The highest BCUT2D eigenvalue weighted by Gasteiger charge is 2.28. The Kier molecular flexibility index (Phi) is 8.31. The Hall–Kier alpha value is -4.37. The maximum absolute atomic E-state index is 13.2. The fourth-order valence-electron chi connectivity index (χ4n) is 5.77. The molecule has 6 heteroatoms. The van der Waals surface area contributed by atoms with Crippen LogP contribution in [0.15, 0.2) is 85.3 Å². The fraction of sp³-hybridized carbons (Fsp3) is 0.324. The lowest BCUT2D eigenvalue weighted by atomic mass is 9.81. The third kappa shape index (κ3) is 5.65. The first kappa shape index (κ1) is 27.2. The van der Waals surface area contributed by atoms with Gasteiger partial charge in [-0.3, -0.25) is 9.20 Å². The first-order chi connectivity index (χ1) is 19.6. The highest BCUT2D eigenvalue weighted by Crippen LogP contribution is 2.31. The fourth-order valence-corrected chi connectivity index (χ4v) is 5.77. The number of allylic oxidation sites excluding steroid dienone is 1. The number of benzene rings is 2. The van der Waals surface area contributed by atoms with Gasteiger partial charge in [0.25, 0.3) is 5.91 Å². The van der Waals surface area contributed by atoms with Crippen molar-refractivity contribution in [1.82, 2.24) is 19.2 Å². The molecule has 0 saturated carbocycles. The number of aromatic nitrogens is 2. The summed E-state index contributed by atoms with van der Waals surface area (Å²) in [5.74, 6) is 1.45. The molecule has 6 rings (SSSR count). The highest BCUT2D eigenvalue weighted by molar-refractivity contribution is 5.94. The van der Waals surface area contributed by atoms with Crippen LogP contribution in [0.2, 0.25) is 0 Å². The Balaban J connectivity index is 0.00000158. The van der Waals surface area contributed by atoms with Crippen LogP contribution in [-0.4, -0.2) is 51.8 Å². The molecule has 1 atom stereocenters. The zero-order chi connectivity index (χ0) is 28.1. The number of hydrogen-bond acceptors (Lipinski definition) is 4. The second-order valence-electron chi connectivity index (χ2n) is 10.5. The molecular formula is C34H37N5O. The Morgan fingerprint density at radius 2 is 1.55 bits per heavy atom. The van der Waals surface area contributed by atoms with Crippen molar-refractivity contribution in [1.29, 1.82) is 5.26 Å². The van der Waals surface area contributed by atoms with Crippen LogP contribution < -0.4 is 0 Å². The van der Waals surface area contributed by atoms with E-state index in [9.17, 15) is 4.79 Å². The lowest BCUT2D eigenvalue weighted by Gasteiger charge is -2.37. The van der Waals surface area contributed by atoms with Crippen molar-refractivity contribution >= 4 is 11.6 Å². The smallest absolute Gasteiger partial charge is 0.253 e. The maximum Gasteiger partial charge on any atom is 0.253 e. The van der Waals surface area contributed by atoms with Gasteiger partial charge in [-0.1, -0.05) is 44.2 Å². The molecule has 0 radical (unpaired) electrons. The van der Waals surface area contributed by atoms with E-state index in [1.165, 1.54) is 6.42 Å². The van der Waals surface area contributed by atoms with Crippen LogP contribution in [0, 0.1) is 23.2 Å². The van der Waals surface area contributed by atoms with E-state index in [1.807, 2.05) is 79.5 Å². The number of pyridine rings is 1. The first-order valence-electron chi connectivity index (χ1n) is 14.3. The summed E-state index contributed by atoms with van der Waals surface area (Å²) in [7, 11) is 2.13. The SMILES string of the molecule is CC.CN1C=CC(C2CCN(C(=O)c3ccc(-c4ccc5ncc(-c6ccc(C#N)cc6)n5c4)cc3)CC2)CC1. The molecule has 2 aromatic heterocycles. The molecule has 0 bridgehead atoms. The number of likely N-dealkylation sites (tertiary alicyclic amines) is 1. The van der Waals surface area contributed by atoms with Crippen LogP contribution >= 0.6 is 0 Å². The number of rotatable bonds is 4. The van der Waals surface area contributed by atoms with Gasteiger partial charge in [-0.05, 0) is 84.8 Å². The zero-order valence-corrected chi connectivity index (χ0v) is 23.6. The van der Waals surface area contributed by atoms with Crippen LogP contribution in [0.1, 0.15) is 49.0 Å². The van der Waals surface area contributed by atoms with Gasteiger partial charge < -0.3 is 9.80 Å². The second-order valence-corrected chi connectivity index (χ2v) is 10.5. The van der Waals surface area contributed by atoms with Gasteiger partial charge in [0.15, 0.2) is 0 Å². The standard InChI is InChI=1S/C32H31N5O.C2H6/c1-35-16-12-25(13-17-35)26-14-18-36(19-15-26)32(38)28-8-6-24(7-9-28)29-10-11-31-34-21-30(37(31)22-29)27-4-2-23(20-33)3-5-27;1-2/h2-12,16,21-22,25-26H,13-15,17-19H2,1H3;1-2H3. The van der Waals surface area contributed by atoms with Crippen LogP contribution in [0.25, 0.3) is 28.0 Å². The summed E-state index contributed by atoms with van der Waals surface area (Å²) in [6.45, 7) is 6.79. The summed E-state index contributed by atoms with van der Waals surface area (Å²) in [6.07, 6.45) is 11.9. The lowest BCUT2D eigenvalue weighted by molar-refractivity contribution is 0.0664. The van der Waals surface area contributed by atoms with Crippen molar-refractivity contribution in [3.63, 3.8) is 0 Å². The van der Waals surface area contributed by atoms with Crippen molar-refractivity contribution in [2.45, 2.75) is 33.1 Å². The molecule has 0 N–H and O–H groups in total. The highest BCUT2D eigenvalue weighted by atomic mass is 16.2. The van der Waals surface area contributed by atoms with Crippen LogP contribution in [0.4, 0.5) is 0 Å². The van der Waals surface area contributed by atoms with Gasteiger partial charge in [-0.25, -0.2) is 4.98 Å². The van der Waals surface area contributed by atoms with Gasteiger partial charge >= 0.3 is 0 Å². The summed E-state index contributed by atoms with van der Waals surface area (Å²) >= 11 is 0. The number of piperidine rings is 1. The molecule has 4 aromatic rings. The molecular weight excluding hydrogens is 494 g/mol. The van der Waals surface area contributed by atoms with E-state index in [4.69, 9.17) is 5.26 Å². The van der Waals surface area contributed by atoms with Crippen molar-refractivity contribution in [3.05, 3.63) is 96.5 Å². The van der Waals surface area contributed by atoms with Crippen molar-refractivity contribution in [3.8, 4) is 28.5 Å². The van der Waals surface area contributed by atoms with Gasteiger partial charge in [0.05, 0.1) is 23.5 Å². The van der Waals surface area contributed by atoms with E-state index in [2.05, 4.69) is 51.9 Å². The molecule has 204 valence electrons. The summed E-state index contributed by atoms with van der Waals surface area (Å²) in [5.41, 5.74) is 6.32. The number of fused-ring (bicyclic) bond motifs is 1. The van der Waals surface area contributed by atoms with E-state index in [-0.39, 0.29) is 5.91 Å². The molecule has 1 amide bonds. The quantitative estimate of drug-likeness (QED) is 0.288. The van der Waals surface area contributed by atoms with E-state index >= 15 is 0 Å². The van der Waals surface area contributed by atoms with E-state index in [0.717, 1.165) is 66.1 Å². The predicted molar refractivity (Wildman–Crippen MR) is 161 cm³/mol. The summed E-state index contributed by atoms with van der Waals surface area (Å²) in [5, 5.41) is 9.09. The lowest BCUT2D eigenvalue weighted by Crippen LogP contribution is -2.40. The largest absolute Gasteiger partial charge is 0.381 e. The molecule has 6 nitrogen and oxygen atoms in total. The van der Waals surface area contributed by atoms with Crippen LogP contribution in [0.5, 0.6) is 0 Å². The molecule has 0 spiro atoms. The number of carbonyl (C=O) groups is 1. The van der Waals surface area contributed by atoms with Crippen LogP contribution in [0.3, 0.4) is 0 Å². The third-order valence-corrected chi connectivity index (χ3v) is 8.12. The minimum atomic E-state index is 0.127. The second kappa shape index (κ2) is 12.2. The normalized spacial score (nSPS) is 17.3. The van der Waals surface area contributed by atoms with Gasteiger partial charge in [0.1, 0.15) is 5.65 Å². The Morgan fingerprint density at radius 3 is 2.20 bits per heavy atom. The van der Waals surface area contributed by atoms with Crippen molar-refractivity contribution in [2.75, 3.05) is 26.7 Å². The Morgan fingerprint density at radius 1 is 0.875 bits per heavy atom. The van der Waals surface area contributed by atoms with E-state index < -0.39 is 0 Å². The number of nitriles is 1. The van der Waals surface area contributed by atoms with Gasteiger partial charge in [0, 0.05) is 44.0 Å². The molecule has 4 heterocycles. The zero-order valence-electron chi connectivity index (χ0n) is 23.6. The molecule has 1 saturated heterocycles.